The summed E-state index contributed by atoms with van der Waals surface area (Å²) in [5, 5.41) is 0. The number of hydrogen-bond donors (Lipinski definition) is 2. The molecule has 1 fully saturated rings. The normalized spacial score (nSPS) is 17.4. The monoisotopic (exact) mass is 358 g/mol. The lowest BCUT2D eigenvalue weighted by Crippen LogP contribution is -2.55. The summed E-state index contributed by atoms with van der Waals surface area (Å²) in [6.45, 7) is 0.0899. The summed E-state index contributed by atoms with van der Waals surface area (Å²) in [5.74, 6) is -1.71. The van der Waals surface area contributed by atoms with Gasteiger partial charge in [-0.05, 0) is 18.2 Å². The summed E-state index contributed by atoms with van der Waals surface area (Å²) >= 11 is 0. The molecule has 0 unspecified atom stereocenters. The minimum absolute atomic E-state index is 0.0899. The van der Waals surface area contributed by atoms with Gasteiger partial charge < -0.3 is 19.4 Å². The second-order valence-electron chi connectivity index (χ2n) is 5.95. The molecule has 0 bridgehead atoms. The lowest BCUT2D eigenvalue weighted by atomic mass is 9.95. The molecule has 0 spiro atoms. The predicted octanol–water partition coefficient (Wildman–Crippen LogP) is 0.233. The molecule has 2 aromatic rings. The van der Waals surface area contributed by atoms with Crippen molar-refractivity contribution < 1.29 is 23.9 Å². The maximum atomic E-state index is 12.5. The van der Waals surface area contributed by atoms with Gasteiger partial charge in [-0.15, -0.1) is 0 Å². The Morgan fingerprint density at radius 3 is 2.31 bits per heavy atom. The number of nitrogens with zero attached hydrogens (tertiary/aromatic N) is 2. The molecule has 134 valence electrons. The van der Waals surface area contributed by atoms with Crippen LogP contribution in [0.5, 0.6) is 11.5 Å². The van der Waals surface area contributed by atoms with E-state index in [1.54, 1.807) is 18.2 Å². The third-order valence-electron chi connectivity index (χ3n) is 4.43. The van der Waals surface area contributed by atoms with E-state index in [1.807, 2.05) is 0 Å². The van der Waals surface area contributed by atoms with Crippen molar-refractivity contribution in [3.8, 4) is 22.8 Å². The van der Waals surface area contributed by atoms with Crippen molar-refractivity contribution in [1.29, 1.82) is 0 Å². The van der Waals surface area contributed by atoms with Crippen LogP contribution in [0.25, 0.3) is 11.3 Å². The maximum Gasteiger partial charge on any atom is 0.332 e. The first-order valence-corrected chi connectivity index (χ1v) is 7.70. The van der Waals surface area contributed by atoms with Gasteiger partial charge in [0.25, 0.3) is 0 Å². The Balaban J connectivity index is 1.84. The number of hydrogen-bond acceptors (Lipinski definition) is 6. The summed E-state index contributed by atoms with van der Waals surface area (Å²) in [7, 11) is 2.57. The Hall–Kier alpha value is -3.56. The van der Waals surface area contributed by atoms with Crippen LogP contribution in [-0.2, 0) is 9.59 Å². The molecule has 4 rings (SSSR count). The van der Waals surface area contributed by atoms with Gasteiger partial charge >= 0.3 is 11.7 Å². The molecule has 26 heavy (non-hydrogen) atoms. The number of fused-ring (bicyclic) bond motifs is 1. The zero-order chi connectivity index (χ0) is 18.6. The smallest absolute Gasteiger partial charge is 0.332 e. The van der Waals surface area contributed by atoms with Crippen LogP contribution in [0.3, 0.4) is 0 Å². The molecule has 0 atom stereocenters. The number of benzene rings is 1. The summed E-state index contributed by atoms with van der Waals surface area (Å²) in [6.07, 6.45) is 0. The highest BCUT2D eigenvalue weighted by atomic mass is 16.7. The number of carbonyl (C=O) groups is 3. The number of nitrogens with one attached hydrogen (secondary N) is 2. The van der Waals surface area contributed by atoms with Crippen molar-refractivity contribution in [2.75, 3.05) is 20.9 Å². The number of aromatic nitrogens is 2. The standard InChI is InChI=1S/C16H14N4O6/c1-19-13(21)10(14(22)20(2)16(19)24)12-11(17-15(23)18-12)7-3-4-8-9(5-7)26-6-25-8/h3-5,10H,6H2,1-2H3,(H2,17,18,23). The summed E-state index contributed by atoms with van der Waals surface area (Å²) < 4.78 is 10.6. The van der Waals surface area contributed by atoms with Crippen LogP contribution in [0.2, 0.25) is 0 Å². The number of rotatable bonds is 2. The fourth-order valence-corrected chi connectivity index (χ4v) is 3.05. The fourth-order valence-electron chi connectivity index (χ4n) is 3.05. The van der Waals surface area contributed by atoms with Crippen molar-refractivity contribution in [1.82, 2.24) is 19.8 Å². The van der Waals surface area contributed by atoms with Gasteiger partial charge in [0, 0.05) is 19.7 Å². The first-order valence-electron chi connectivity index (χ1n) is 7.70. The number of amides is 4. The summed E-state index contributed by atoms with van der Waals surface area (Å²) in [6, 6.07) is 4.26. The molecule has 2 aliphatic heterocycles. The van der Waals surface area contributed by atoms with Crippen LogP contribution in [0.15, 0.2) is 23.0 Å². The highest BCUT2D eigenvalue weighted by Crippen LogP contribution is 2.37. The van der Waals surface area contributed by atoms with E-state index in [0.29, 0.717) is 17.1 Å². The lowest BCUT2D eigenvalue weighted by Gasteiger charge is -2.32. The zero-order valence-electron chi connectivity index (χ0n) is 13.9. The van der Waals surface area contributed by atoms with Crippen LogP contribution in [0.1, 0.15) is 11.6 Å². The lowest BCUT2D eigenvalue weighted by molar-refractivity contribution is -0.143. The second kappa shape index (κ2) is 5.48. The van der Waals surface area contributed by atoms with Crippen molar-refractivity contribution in [2.24, 2.45) is 0 Å². The van der Waals surface area contributed by atoms with E-state index in [1.165, 1.54) is 14.1 Å². The van der Waals surface area contributed by atoms with Crippen molar-refractivity contribution in [3.05, 3.63) is 34.4 Å². The molecule has 0 saturated carbocycles. The second-order valence-corrected chi connectivity index (χ2v) is 5.95. The topological polar surface area (TPSA) is 125 Å². The number of urea groups is 1. The number of imide groups is 2. The highest BCUT2D eigenvalue weighted by Gasteiger charge is 2.45. The van der Waals surface area contributed by atoms with Crippen LogP contribution in [0.4, 0.5) is 4.79 Å². The van der Waals surface area contributed by atoms with E-state index in [2.05, 4.69) is 9.97 Å². The highest BCUT2D eigenvalue weighted by molar-refractivity contribution is 6.19. The van der Waals surface area contributed by atoms with Crippen LogP contribution >= 0.6 is 0 Å². The largest absolute Gasteiger partial charge is 0.454 e. The van der Waals surface area contributed by atoms with Gasteiger partial charge in [0.2, 0.25) is 18.6 Å². The first kappa shape index (κ1) is 15.9. The van der Waals surface area contributed by atoms with Crippen LogP contribution < -0.4 is 15.2 Å². The number of aromatic amines is 2. The average molecular weight is 358 g/mol. The molecule has 10 heteroatoms. The van der Waals surface area contributed by atoms with Gasteiger partial charge in [0.15, 0.2) is 17.4 Å². The van der Waals surface area contributed by atoms with E-state index in [-0.39, 0.29) is 18.2 Å². The SMILES string of the molecule is CN1C(=O)C(c2[nH]c(=O)[nH]c2-c2ccc3c(c2)OCO3)C(=O)N(C)C1=O. The van der Waals surface area contributed by atoms with Gasteiger partial charge in [0.1, 0.15) is 0 Å². The Labute approximate surface area is 146 Å². The Bertz CT molecular complexity index is 982. The van der Waals surface area contributed by atoms with Crippen LogP contribution in [0, 0.1) is 0 Å². The molecule has 0 aliphatic carbocycles. The number of ether oxygens (including phenoxy) is 2. The van der Waals surface area contributed by atoms with Gasteiger partial charge in [-0.1, -0.05) is 0 Å². The van der Waals surface area contributed by atoms with Crippen molar-refractivity contribution in [3.63, 3.8) is 0 Å². The minimum Gasteiger partial charge on any atom is -0.454 e. The molecule has 0 radical (unpaired) electrons. The van der Waals surface area contributed by atoms with Gasteiger partial charge in [-0.2, -0.15) is 0 Å². The molecule has 2 N–H and O–H groups in total. The average Bonchev–Trinajstić information content (AvgIpc) is 3.24. The van der Waals surface area contributed by atoms with Crippen molar-refractivity contribution in [2.45, 2.75) is 5.92 Å². The fraction of sp³-hybridized carbons (Fsp3) is 0.250. The van der Waals surface area contributed by atoms with E-state index in [0.717, 1.165) is 9.80 Å². The summed E-state index contributed by atoms with van der Waals surface area (Å²) in [5.41, 5.74) is 0.326. The Morgan fingerprint density at radius 2 is 1.62 bits per heavy atom. The van der Waals surface area contributed by atoms with Gasteiger partial charge in [-0.3, -0.25) is 19.4 Å². The zero-order valence-corrected chi connectivity index (χ0v) is 13.9. The molecule has 10 nitrogen and oxygen atoms in total. The van der Waals surface area contributed by atoms with Gasteiger partial charge in [-0.25, -0.2) is 9.59 Å². The number of barbiturate groups is 1. The molecule has 1 saturated heterocycles. The molecule has 4 amide bonds. The molecule has 3 heterocycles. The number of H-pyrrole nitrogens is 2. The third kappa shape index (κ3) is 2.19. The van der Waals surface area contributed by atoms with E-state index in [9.17, 15) is 19.2 Å². The molecule has 1 aromatic carbocycles. The molecular weight excluding hydrogens is 344 g/mol. The number of likely N-dealkylation sites (N-methyl/N-ethyl adjacent to an activating group) is 2. The van der Waals surface area contributed by atoms with E-state index < -0.39 is 29.5 Å². The maximum absolute atomic E-state index is 12.5. The van der Waals surface area contributed by atoms with Crippen LogP contribution in [-0.4, -0.2) is 58.5 Å². The quantitative estimate of drug-likeness (QED) is 0.741. The Morgan fingerprint density at radius 1 is 0.962 bits per heavy atom. The summed E-state index contributed by atoms with van der Waals surface area (Å²) in [4.78, 5) is 55.7. The predicted molar refractivity (Wildman–Crippen MR) is 86.6 cm³/mol. The van der Waals surface area contributed by atoms with Crippen molar-refractivity contribution >= 4 is 17.8 Å². The molecular formula is C16H14N4O6. The molecule has 2 aliphatic rings. The molecule has 1 aromatic heterocycles. The van der Waals surface area contributed by atoms with E-state index in [4.69, 9.17) is 9.47 Å². The van der Waals surface area contributed by atoms with Gasteiger partial charge in [0.05, 0.1) is 11.4 Å². The third-order valence-corrected chi connectivity index (χ3v) is 4.43. The van der Waals surface area contributed by atoms with E-state index >= 15 is 0 Å². The first-order chi connectivity index (χ1) is 12.4. The minimum atomic E-state index is -1.33. The number of carbonyl (C=O) groups excluding carboxylic acids is 3. The number of imidazole rings is 1. The Kier molecular flexibility index (Phi) is 3.36.